The van der Waals surface area contributed by atoms with Gasteiger partial charge in [-0.15, -0.1) is 0 Å². The number of ether oxygens (including phenoxy) is 1. The SMILES string of the molecule is C[C@H]1C[C@H]2[C@@H]3CCC4=CC(=O)CC[C@]4(C)[C@H]3CC[C@]2(C)[C@H]1C(=S)OCc1ccccc1. The van der Waals surface area contributed by atoms with E-state index in [0.29, 0.717) is 24.2 Å². The van der Waals surface area contributed by atoms with Gasteiger partial charge in [0.15, 0.2) is 10.8 Å². The molecule has 0 amide bonds. The summed E-state index contributed by atoms with van der Waals surface area (Å²) in [5.74, 6) is 3.51. The van der Waals surface area contributed by atoms with Crippen LogP contribution in [0.2, 0.25) is 0 Å². The Labute approximate surface area is 192 Å². The molecule has 0 radical (unpaired) electrons. The standard InChI is InChI=1S/C28H36O2S/c1-18-15-24-22-10-9-20-16-21(29)11-13-27(20,2)23(22)12-14-28(24,3)25(18)26(31)30-17-19-7-5-4-6-8-19/h4-8,16,18,22-25H,9-15,17H2,1-3H3/t18-,22+,23-,24-,25+,27-,28-/m0/s1. The van der Waals surface area contributed by atoms with Crippen molar-refractivity contribution in [2.45, 2.75) is 72.3 Å². The molecule has 1 aromatic carbocycles. The first-order chi connectivity index (χ1) is 14.8. The molecule has 0 saturated heterocycles. The summed E-state index contributed by atoms with van der Waals surface area (Å²) >= 11 is 5.94. The third-order valence-corrected chi connectivity index (χ3v) is 10.2. The summed E-state index contributed by atoms with van der Waals surface area (Å²) in [7, 11) is 0. The predicted molar refractivity (Wildman–Crippen MR) is 129 cm³/mol. The highest BCUT2D eigenvalue weighted by Gasteiger charge is 2.61. The number of benzene rings is 1. The molecule has 1 aromatic rings. The maximum absolute atomic E-state index is 12.1. The van der Waals surface area contributed by atoms with Crippen LogP contribution in [-0.2, 0) is 16.1 Å². The zero-order valence-corrected chi connectivity index (χ0v) is 20.0. The first kappa shape index (κ1) is 21.4. The van der Waals surface area contributed by atoms with Crippen molar-refractivity contribution in [2.24, 2.45) is 40.4 Å². The Morgan fingerprint density at radius 2 is 1.87 bits per heavy atom. The van der Waals surface area contributed by atoms with Crippen molar-refractivity contribution in [3.05, 3.63) is 47.5 Å². The Bertz CT molecular complexity index is 905. The smallest absolute Gasteiger partial charge is 0.164 e. The van der Waals surface area contributed by atoms with Gasteiger partial charge in [-0.1, -0.05) is 56.7 Å². The van der Waals surface area contributed by atoms with E-state index in [2.05, 4.69) is 45.0 Å². The van der Waals surface area contributed by atoms with E-state index in [-0.39, 0.29) is 10.8 Å². The normalized spacial score (nSPS) is 41.6. The van der Waals surface area contributed by atoms with Gasteiger partial charge >= 0.3 is 0 Å². The predicted octanol–water partition coefficient (Wildman–Crippen LogP) is 6.92. The molecule has 7 atom stereocenters. The van der Waals surface area contributed by atoms with Crippen LogP contribution in [0.3, 0.4) is 0 Å². The third-order valence-electron chi connectivity index (χ3n) is 9.78. The number of rotatable bonds is 3. The summed E-state index contributed by atoms with van der Waals surface area (Å²) in [6.07, 6.45) is 9.94. The summed E-state index contributed by atoms with van der Waals surface area (Å²) in [5, 5.41) is 0.839. The molecule has 166 valence electrons. The molecule has 0 aliphatic heterocycles. The Morgan fingerprint density at radius 3 is 2.65 bits per heavy atom. The second kappa shape index (κ2) is 7.83. The van der Waals surface area contributed by atoms with Crippen molar-refractivity contribution in [2.75, 3.05) is 0 Å². The van der Waals surface area contributed by atoms with E-state index in [4.69, 9.17) is 17.0 Å². The van der Waals surface area contributed by atoms with E-state index in [0.717, 1.165) is 42.1 Å². The molecular formula is C28H36O2S. The quantitative estimate of drug-likeness (QED) is 0.481. The Hall–Kier alpha value is -1.48. The maximum atomic E-state index is 12.1. The minimum atomic E-state index is 0.240. The Kier molecular flexibility index (Phi) is 5.40. The molecule has 2 nitrogen and oxygen atoms in total. The van der Waals surface area contributed by atoms with Crippen molar-refractivity contribution in [3.8, 4) is 0 Å². The van der Waals surface area contributed by atoms with Gasteiger partial charge in [-0.25, -0.2) is 0 Å². The highest BCUT2D eigenvalue weighted by Crippen LogP contribution is 2.67. The number of allylic oxidation sites excluding steroid dienone is 1. The minimum Gasteiger partial charge on any atom is -0.482 e. The number of ketones is 1. The summed E-state index contributed by atoms with van der Waals surface area (Å²) in [6, 6.07) is 10.4. The number of carbonyl (C=O) groups is 1. The fraction of sp³-hybridized carbons (Fsp3) is 0.643. The lowest BCUT2D eigenvalue weighted by molar-refractivity contribution is -0.117. The molecular weight excluding hydrogens is 400 g/mol. The maximum Gasteiger partial charge on any atom is 0.164 e. The first-order valence-corrected chi connectivity index (χ1v) is 12.7. The topological polar surface area (TPSA) is 26.3 Å². The molecule has 0 unspecified atom stereocenters. The summed E-state index contributed by atoms with van der Waals surface area (Å²) in [4.78, 5) is 12.1. The van der Waals surface area contributed by atoms with Crippen LogP contribution in [0.4, 0.5) is 0 Å². The first-order valence-electron chi connectivity index (χ1n) is 12.3. The lowest BCUT2D eigenvalue weighted by Gasteiger charge is -2.58. The van der Waals surface area contributed by atoms with Crippen LogP contribution in [0.25, 0.3) is 0 Å². The minimum absolute atomic E-state index is 0.240. The van der Waals surface area contributed by atoms with Crippen LogP contribution < -0.4 is 0 Å². The molecule has 3 saturated carbocycles. The molecule has 0 spiro atoms. The third kappa shape index (κ3) is 3.43. The van der Waals surface area contributed by atoms with Crippen molar-refractivity contribution in [1.29, 1.82) is 0 Å². The number of fused-ring (bicyclic) bond motifs is 5. The lowest BCUT2D eigenvalue weighted by atomic mass is 9.47. The van der Waals surface area contributed by atoms with E-state index in [1.807, 2.05) is 12.1 Å². The molecule has 0 bridgehead atoms. The van der Waals surface area contributed by atoms with Gasteiger partial charge in [0.25, 0.3) is 0 Å². The van der Waals surface area contributed by atoms with E-state index in [1.165, 1.54) is 36.8 Å². The summed E-state index contributed by atoms with van der Waals surface area (Å²) in [5.41, 5.74) is 3.13. The highest BCUT2D eigenvalue weighted by atomic mass is 32.1. The van der Waals surface area contributed by atoms with E-state index in [1.54, 1.807) is 0 Å². The van der Waals surface area contributed by atoms with Gasteiger partial charge < -0.3 is 4.74 Å². The van der Waals surface area contributed by atoms with Gasteiger partial charge in [-0.3, -0.25) is 4.79 Å². The molecule has 3 heteroatoms. The number of hydrogen-bond donors (Lipinski definition) is 0. The van der Waals surface area contributed by atoms with E-state index >= 15 is 0 Å². The van der Waals surface area contributed by atoms with Crippen LogP contribution in [-0.4, -0.2) is 10.8 Å². The van der Waals surface area contributed by atoms with Crippen LogP contribution >= 0.6 is 12.2 Å². The van der Waals surface area contributed by atoms with Gasteiger partial charge in [-0.2, -0.15) is 0 Å². The Balaban J connectivity index is 1.36. The number of thiocarbonyl (C=S) groups is 1. The second-order valence-electron chi connectivity index (χ2n) is 11.3. The van der Waals surface area contributed by atoms with Crippen LogP contribution in [0.1, 0.15) is 71.3 Å². The van der Waals surface area contributed by atoms with Gasteiger partial charge in [0.1, 0.15) is 6.61 Å². The van der Waals surface area contributed by atoms with Gasteiger partial charge in [0.05, 0.1) is 0 Å². The van der Waals surface area contributed by atoms with Gasteiger partial charge in [0.2, 0.25) is 0 Å². The van der Waals surface area contributed by atoms with Crippen molar-refractivity contribution < 1.29 is 9.53 Å². The molecule has 0 heterocycles. The van der Waals surface area contributed by atoms with E-state index < -0.39 is 0 Å². The van der Waals surface area contributed by atoms with E-state index in [9.17, 15) is 4.79 Å². The fourth-order valence-electron chi connectivity index (χ4n) is 8.24. The highest BCUT2D eigenvalue weighted by molar-refractivity contribution is 7.80. The van der Waals surface area contributed by atoms with Crippen LogP contribution in [0.5, 0.6) is 0 Å². The number of carbonyl (C=O) groups excluding carboxylic acids is 1. The lowest BCUT2D eigenvalue weighted by Crippen LogP contribution is -2.51. The number of hydrogen-bond acceptors (Lipinski definition) is 3. The largest absolute Gasteiger partial charge is 0.482 e. The van der Waals surface area contributed by atoms with Gasteiger partial charge in [-0.05, 0) is 96.9 Å². The zero-order chi connectivity index (χ0) is 21.8. The Morgan fingerprint density at radius 1 is 1.10 bits per heavy atom. The fourth-order valence-corrected chi connectivity index (χ4v) is 8.80. The molecule has 3 fully saturated rings. The summed E-state index contributed by atoms with van der Waals surface area (Å²) in [6.45, 7) is 7.96. The monoisotopic (exact) mass is 436 g/mol. The van der Waals surface area contributed by atoms with Crippen molar-refractivity contribution in [3.63, 3.8) is 0 Å². The molecule has 31 heavy (non-hydrogen) atoms. The molecule has 5 rings (SSSR count). The molecule has 0 N–H and O–H groups in total. The molecule has 0 aromatic heterocycles. The van der Waals surface area contributed by atoms with Crippen LogP contribution in [0, 0.1) is 40.4 Å². The average molecular weight is 437 g/mol. The van der Waals surface area contributed by atoms with Crippen LogP contribution in [0.15, 0.2) is 42.0 Å². The second-order valence-corrected chi connectivity index (χ2v) is 11.7. The summed E-state index contributed by atoms with van der Waals surface area (Å²) < 4.78 is 6.24. The van der Waals surface area contributed by atoms with Crippen molar-refractivity contribution in [1.82, 2.24) is 0 Å². The molecule has 4 aliphatic carbocycles. The molecule has 4 aliphatic rings. The average Bonchev–Trinajstić information content (AvgIpc) is 3.03. The van der Waals surface area contributed by atoms with Gasteiger partial charge in [0, 0.05) is 12.3 Å². The van der Waals surface area contributed by atoms with Crippen molar-refractivity contribution >= 4 is 23.1 Å². The zero-order valence-electron chi connectivity index (χ0n) is 19.2.